The molecule has 0 aromatic carbocycles. The Morgan fingerprint density at radius 3 is 1.30 bits per heavy atom. The number of hydrogen-bond acceptors (Lipinski definition) is 7. The normalized spacial score (nSPS) is 12.7. The van der Waals surface area contributed by atoms with Gasteiger partial charge >= 0.3 is 17.9 Å². The molecule has 8 heteroatoms. The van der Waals surface area contributed by atoms with Crippen molar-refractivity contribution in [2.75, 3.05) is 13.2 Å². The van der Waals surface area contributed by atoms with Crippen LogP contribution in [0.2, 0.25) is 0 Å². The van der Waals surface area contributed by atoms with Crippen molar-refractivity contribution in [3.63, 3.8) is 0 Å². The average molecular weight is 531 g/mol. The first-order valence-corrected chi connectivity index (χ1v) is 14.8. The molecule has 218 valence electrons. The molecule has 1 unspecified atom stereocenters. The molecule has 8 nitrogen and oxygen atoms in total. The van der Waals surface area contributed by atoms with Crippen molar-refractivity contribution >= 4 is 17.9 Å². The summed E-state index contributed by atoms with van der Waals surface area (Å²) in [6, 6.07) is 0. The van der Waals surface area contributed by atoms with Crippen molar-refractivity contribution < 1.29 is 39.2 Å². The molecule has 0 aliphatic rings. The van der Waals surface area contributed by atoms with Crippen LogP contribution in [0, 0.1) is 0 Å². The first-order chi connectivity index (χ1) is 17.9. The number of carboxylic acids is 1. The summed E-state index contributed by atoms with van der Waals surface area (Å²) in [6.45, 7) is 1.53. The zero-order valence-electron chi connectivity index (χ0n) is 23.3. The van der Waals surface area contributed by atoms with Gasteiger partial charge in [-0.2, -0.15) is 0 Å². The van der Waals surface area contributed by atoms with Crippen LogP contribution < -0.4 is 0 Å². The molecule has 0 bridgehead atoms. The van der Waals surface area contributed by atoms with E-state index in [1.807, 2.05) is 0 Å². The third kappa shape index (κ3) is 25.7. The predicted octanol–water partition coefficient (Wildman–Crippen LogP) is 6.09. The minimum atomic E-state index is -1.85. The predicted molar refractivity (Wildman–Crippen MR) is 144 cm³/mol. The monoisotopic (exact) mass is 530 g/mol. The molecule has 37 heavy (non-hydrogen) atoms. The number of carbonyl (C=O) groups is 3. The van der Waals surface area contributed by atoms with Crippen molar-refractivity contribution in [3.05, 3.63) is 0 Å². The molecule has 0 heterocycles. The third-order valence-electron chi connectivity index (χ3n) is 6.50. The smallest absolute Gasteiger partial charge is 0.333 e. The lowest BCUT2D eigenvalue weighted by Crippen LogP contribution is -2.28. The van der Waals surface area contributed by atoms with E-state index in [0.717, 1.165) is 19.3 Å². The van der Waals surface area contributed by atoms with E-state index in [0.29, 0.717) is 0 Å². The van der Waals surface area contributed by atoms with Gasteiger partial charge in [0.15, 0.2) is 6.10 Å². The molecule has 2 atom stereocenters. The van der Waals surface area contributed by atoms with Gasteiger partial charge in [-0.25, -0.2) is 4.79 Å². The van der Waals surface area contributed by atoms with Crippen LogP contribution in [0.1, 0.15) is 142 Å². The van der Waals surface area contributed by atoms with E-state index in [-0.39, 0.29) is 13.0 Å². The van der Waals surface area contributed by atoms with Gasteiger partial charge in [0.05, 0.1) is 6.42 Å². The summed E-state index contributed by atoms with van der Waals surface area (Å²) >= 11 is 0. The van der Waals surface area contributed by atoms with Crippen molar-refractivity contribution in [2.45, 2.75) is 154 Å². The van der Waals surface area contributed by atoms with E-state index in [2.05, 4.69) is 11.7 Å². The zero-order chi connectivity index (χ0) is 27.6. The van der Waals surface area contributed by atoms with Gasteiger partial charge in [0.1, 0.15) is 19.3 Å². The number of esters is 2. The van der Waals surface area contributed by atoms with Crippen LogP contribution in [0.15, 0.2) is 0 Å². The van der Waals surface area contributed by atoms with Crippen molar-refractivity contribution in [3.8, 4) is 0 Å². The molecule has 3 N–H and O–H groups in total. The quantitative estimate of drug-likeness (QED) is 0.0859. The SMILES string of the molecule is CCCCCCCCCCCCCCCCCCCCCC(=O)OCC(O)COC(=O)C[C@@H](O)C(=O)O. The highest BCUT2D eigenvalue weighted by atomic mass is 16.6. The van der Waals surface area contributed by atoms with Crippen molar-refractivity contribution in [1.29, 1.82) is 0 Å². The fourth-order valence-electron chi connectivity index (χ4n) is 4.15. The summed E-state index contributed by atoms with van der Waals surface area (Å²) in [4.78, 5) is 33.5. The average Bonchev–Trinajstić information content (AvgIpc) is 2.87. The number of ether oxygens (including phenoxy) is 2. The summed E-state index contributed by atoms with van der Waals surface area (Å²) in [5, 5.41) is 27.3. The second-order valence-corrected chi connectivity index (χ2v) is 10.2. The van der Waals surface area contributed by atoms with Crippen LogP contribution in [-0.2, 0) is 23.9 Å². The van der Waals surface area contributed by atoms with Crippen LogP contribution in [0.5, 0.6) is 0 Å². The number of carboxylic acid groups (broad SMARTS) is 1. The molecular weight excluding hydrogens is 476 g/mol. The van der Waals surface area contributed by atoms with Gasteiger partial charge in [-0.1, -0.05) is 122 Å². The summed E-state index contributed by atoms with van der Waals surface area (Å²) in [7, 11) is 0. The maximum atomic E-state index is 11.7. The Bertz CT molecular complexity index is 566. The maximum Gasteiger partial charge on any atom is 0.333 e. The zero-order valence-corrected chi connectivity index (χ0v) is 23.3. The molecule has 0 radical (unpaired) electrons. The van der Waals surface area contributed by atoms with Crippen LogP contribution in [-0.4, -0.2) is 58.6 Å². The van der Waals surface area contributed by atoms with Gasteiger partial charge in [-0.15, -0.1) is 0 Å². The molecule has 0 saturated carbocycles. The summed E-state index contributed by atoms with van der Waals surface area (Å²) in [5.41, 5.74) is 0. The van der Waals surface area contributed by atoms with Crippen LogP contribution in [0.4, 0.5) is 0 Å². The lowest BCUT2D eigenvalue weighted by Gasteiger charge is -2.12. The summed E-state index contributed by atoms with van der Waals surface area (Å²) in [6.07, 6.45) is 21.1. The number of aliphatic hydroxyl groups is 2. The maximum absolute atomic E-state index is 11.7. The molecule has 0 aliphatic carbocycles. The Labute approximate surface area is 224 Å². The van der Waals surface area contributed by atoms with Crippen LogP contribution in [0.25, 0.3) is 0 Å². The molecule has 0 aromatic heterocycles. The number of aliphatic carboxylic acids is 1. The van der Waals surface area contributed by atoms with E-state index in [1.54, 1.807) is 0 Å². The van der Waals surface area contributed by atoms with Gasteiger partial charge in [0.2, 0.25) is 0 Å². The molecule has 0 fully saturated rings. The van der Waals surface area contributed by atoms with Crippen molar-refractivity contribution in [2.24, 2.45) is 0 Å². The van der Waals surface area contributed by atoms with Gasteiger partial charge in [0, 0.05) is 6.42 Å². The highest BCUT2D eigenvalue weighted by Crippen LogP contribution is 2.15. The highest BCUT2D eigenvalue weighted by molar-refractivity contribution is 5.80. The Morgan fingerprint density at radius 1 is 0.568 bits per heavy atom. The summed E-state index contributed by atoms with van der Waals surface area (Å²) in [5.74, 6) is -2.88. The second-order valence-electron chi connectivity index (χ2n) is 10.2. The van der Waals surface area contributed by atoms with Gasteiger partial charge in [0.25, 0.3) is 0 Å². The van der Waals surface area contributed by atoms with E-state index < -0.39 is 43.1 Å². The van der Waals surface area contributed by atoms with Crippen molar-refractivity contribution in [1.82, 2.24) is 0 Å². The Hall–Kier alpha value is -1.67. The van der Waals surface area contributed by atoms with Gasteiger partial charge in [-0.3, -0.25) is 9.59 Å². The van der Waals surface area contributed by atoms with Crippen LogP contribution in [0.3, 0.4) is 0 Å². The topological polar surface area (TPSA) is 130 Å². The van der Waals surface area contributed by atoms with Crippen LogP contribution >= 0.6 is 0 Å². The third-order valence-corrected chi connectivity index (χ3v) is 6.50. The lowest BCUT2D eigenvalue weighted by atomic mass is 10.0. The number of unbranched alkanes of at least 4 members (excludes halogenated alkanes) is 18. The van der Waals surface area contributed by atoms with E-state index in [9.17, 15) is 19.5 Å². The largest absolute Gasteiger partial charge is 0.479 e. The summed E-state index contributed by atoms with van der Waals surface area (Å²) < 4.78 is 9.63. The fraction of sp³-hybridized carbons (Fsp3) is 0.897. The first-order valence-electron chi connectivity index (χ1n) is 14.8. The Morgan fingerprint density at radius 2 is 0.919 bits per heavy atom. The molecule has 0 spiro atoms. The Balaban J connectivity index is 3.37. The van der Waals surface area contributed by atoms with E-state index in [4.69, 9.17) is 14.9 Å². The molecule has 0 rings (SSSR count). The molecule has 0 aromatic rings. The molecular formula is C29H54O8. The van der Waals surface area contributed by atoms with Gasteiger partial charge in [-0.05, 0) is 6.42 Å². The standard InChI is InChI=1S/C29H54O8/c1-2-3-4-5-6-7-8-9-10-11-12-13-14-15-16-17-18-19-20-21-27(32)36-23-25(30)24-37-28(33)22-26(31)29(34)35/h25-26,30-31H,2-24H2,1H3,(H,34,35)/t25?,26-/m1/s1. The second kappa shape index (κ2) is 26.0. The molecule has 0 aliphatic heterocycles. The number of rotatable bonds is 27. The van der Waals surface area contributed by atoms with Gasteiger partial charge < -0.3 is 24.8 Å². The number of carbonyl (C=O) groups excluding carboxylic acids is 2. The van der Waals surface area contributed by atoms with E-state index >= 15 is 0 Å². The minimum Gasteiger partial charge on any atom is -0.479 e. The molecule has 0 amide bonds. The lowest BCUT2D eigenvalue weighted by molar-refractivity contribution is -0.159. The Kier molecular flexibility index (Phi) is 24.8. The number of hydrogen-bond donors (Lipinski definition) is 3. The highest BCUT2D eigenvalue weighted by Gasteiger charge is 2.20. The minimum absolute atomic E-state index is 0.288. The molecule has 0 saturated heterocycles. The fourth-order valence-corrected chi connectivity index (χ4v) is 4.15. The van der Waals surface area contributed by atoms with E-state index in [1.165, 1.54) is 103 Å². The first kappa shape index (κ1) is 35.3. The number of aliphatic hydroxyl groups excluding tert-OH is 2.